The number of halogens is 3. The average molecular weight is 423 g/mol. The molecule has 0 bridgehead atoms. The maximum Gasteiger partial charge on any atom is 0.422 e. The van der Waals surface area contributed by atoms with Gasteiger partial charge in [-0.15, -0.1) is 0 Å². The highest BCUT2D eigenvalue weighted by Crippen LogP contribution is 2.19. The van der Waals surface area contributed by atoms with Crippen molar-refractivity contribution in [3.8, 4) is 5.88 Å². The van der Waals surface area contributed by atoms with Crippen molar-refractivity contribution in [2.24, 2.45) is 0 Å². The minimum atomic E-state index is -4.49. The van der Waals surface area contributed by atoms with Crippen LogP contribution in [0.15, 0.2) is 48.7 Å². The van der Waals surface area contributed by atoms with Crippen molar-refractivity contribution in [2.75, 3.05) is 32.9 Å². The number of carbonyl (C=O) groups excluding carboxylic acids is 2. The van der Waals surface area contributed by atoms with E-state index < -0.39 is 24.7 Å². The zero-order valence-corrected chi connectivity index (χ0v) is 15.9. The first-order valence-corrected chi connectivity index (χ1v) is 9.21. The van der Waals surface area contributed by atoms with E-state index in [-0.39, 0.29) is 17.4 Å². The highest BCUT2D eigenvalue weighted by atomic mass is 19.4. The molecule has 0 spiro atoms. The molecule has 2 amide bonds. The fourth-order valence-electron chi connectivity index (χ4n) is 2.87. The Bertz CT molecular complexity index is 854. The van der Waals surface area contributed by atoms with Gasteiger partial charge < -0.3 is 19.7 Å². The van der Waals surface area contributed by atoms with Gasteiger partial charge in [-0.1, -0.05) is 30.3 Å². The molecule has 7 nitrogen and oxygen atoms in total. The summed E-state index contributed by atoms with van der Waals surface area (Å²) in [6.07, 6.45) is -3.39. The van der Waals surface area contributed by atoms with E-state index in [1.165, 1.54) is 12.1 Å². The number of nitrogens with one attached hydrogen (secondary N) is 1. The van der Waals surface area contributed by atoms with E-state index in [1.54, 1.807) is 35.2 Å². The Balaban J connectivity index is 1.72. The molecule has 2 aromatic rings. The molecule has 1 aliphatic heterocycles. The lowest BCUT2D eigenvalue weighted by atomic mass is 10.0. The smallest absolute Gasteiger partial charge is 0.422 e. The second kappa shape index (κ2) is 9.57. The monoisotopic (exact) mass is 423 g/mol. The summed E-state index contributed by atoms with van der Waals surface area (Å²) >= 11 is 0. The molecule has 1 aliphatic rings. The number of hydrogen-bond acceptors (Lipinski definition) is 5. The van der Waals surface area contributed by atoms with Crippen LogP contribution in [-0.2, 0) is 9.53 Å². The van der Waals surface area contributed by atoms with Crippen molar-refractivity contribution in [1.82, 2.24) is 15.2 Å². The van der Waals surface area contributed by atoms with Gasteiger partial charge in [-0.05, 0) is 11.6 Å². The number of amides is 2. The van der Waals surface area contributed by atoms with E-state index in [1.807, 2.05) is 0 Å². The lowest BCUT2D eigenvalue weighted by Crippen LogP contribution is -2.47. The standard InChI is InChI=1S/C20H20F3N3O4/c21-20(22,23)13-30-16-7-6-15(12-24-16)18(27)25-17(14-4-2-1-3-5-14)19(28)26-8-10-29-11-9-26/h1-7,12,17H,8-11,13H2,(H,25,27)/t17-/m0/s1. The van der Waals surface area contributed by atoms with E-state index in [0.717, 1.165) is 6.20 Å². The lowest BCUT2D eigenvalue weighted by molar-refractivity contribution is -0.154. The topological polar surface area (TPSA) is 80.8 Å². The minimum absolute atomic E-state index is 0.0880. The number of hydrogen-bond donors (Lipinski definition) is 1. The Morgan fingerprint density at radius 3 is 2.43 bits per heavy atom. The predicted molar refractivity (Wildman–Crippen MR) is 99.8 cm³/mol. The maximum atomic E-state index is 13.0. The molecule has 10 heteroatoms. The number of nitrogens with zero attached hydrogens (tertiary/aromatic N) is 2. The zero-order chi connectivity index (χ0) is 21.6. The lowest BCUT2D eigenvalue weighted by Gasteiger charge is -2.31. The minimum Gasteiger partial charge on any atom is -0.468 e. The van der Waals surface area contributed by atoms with Gasteiger partial charge in [0.25, 0.3) is 5.91 Å². The Morgan fingerprint density at radius 1 is 1.13 bits per heavy atom. The molecule has 0 saturated carbocycles. The maximum absolute atomic E-state index is 13.0. The first kappa shape index (κ1) is 21.6. The van der Waals surface area contributed by atoms with Crippen molar-refractivity contribution in [3.05, 3.63) is 59.8 Å². The second-order valence-electron chi connectivity index (χ2n) is 6.54. The molecule has 3 rings (SSSR count). The highest BCUT2D eigenvalue weighted by Gasteiger charge is 2.30. The van der Waals surface area contributed by atoms with Crippen molar-refractivity contribution in [2.45, 2.75) is 12.2 Å². The van der Waals surface area contributed by atoms with Crippen LogP contribution in [0.1, 0.15) is 22.0 Å². The molecule has 1 atom stereocenters. The highest BCUT2D eigenvalue weighted by molar-refractivity contribution is 5.97. The molecular formula is C20H20F3N3O4. The summed E-state index contributed by atoms with van der Waals surface area (Å²) in [5, 5.41) is 2.69. The molecule has 30 heavy (non-hydrogen) atoms. The van der Waals surface area contributed by atoms with Gasteiger partial charge in [-0.3, -0.25) is 9.59 Å². The van der Waals surface area contributed by atoms with Gasteiger partial charge in [0.2, 0.25) is 11.8 Å². The van der Waals surface area contributed by atoms with Crippen molar-refractivity contribution < 1.29 is 32.2 Å². The van der Waals surface area contributed by atoms with Crippen LogP contribution in [-0.4, -0.2) is 60.8 Å². The zero-order valence-electron chi connectivity index (χ0n) is 15.9. The molecule has 1 aromatic carbocycles. The number of aromatic nitrogens is 1. The number of benzene rings is 1. The summed E-state index contributed by atoms with van der Waals surface area (Å²) < 4.78 is 46.5. The van der Waals surface area contributed by atoms with Gasteiger partial charge in [0.05, 0.1) is 18.8 Å². The third-order valence-corrected chi connectivity index (χ3v) is 4.36. The number of rotatable bonds is 6. The quantitative estimate of drug-likeness (QED) is 0.772. The summed E-state index contributed by atoms with van der Waals surface area (Å²) in [6.45, 7) is 0.209. The van der Waals surface area contributed by atoms with Gasteiger partial charge >= 0.3 is 6.18 Å². The fraction of sp³-hybridized carbons (Fsp3) is 0.350. The SMILES string of the molecule is O=C(N[C@H](C(=O)N1CCOCC1)c1ccccc1)c1ccc(OCC(F)(F)F)nc1. The summed E-state index contributed by atoms with van der Waals surface area (Å²) in [4.78, 5) is 31.0. The molecule has 1 fully saturated rings. The average Bonchev–Trinajstić information content (AvgIpc) is 2.76. The molecule has 1 saturated heterocycles. The normalized spacial score (nSPS) is 15.4. The number of carbonyl (C=O) groups is 2. The summed E-state index contributed by atoms with van der Waals surface area (Å²) in [5.41, 5.74) is 0.700. The summed E-state index contributed by atoms with van der Waals surface area (Å²) in [7, 11) is 0. The first-order valence-electron chi connectivity index (χ1n) is 9.21. The fourth-order valence-corrected chi connectivity index (χ4v) is 2.87. The Morgan fingerprint density at radius 2 is 1.83 bits per heavy atom. The Kier molecular flexibility index (Phi) is 6.88. The molecule has 160 valence electrons. The van der Waals surface area contributed by atoms with Gasteiger partial charge in [-0.25, -0.2) is 4.98 Å². The van der Waals surface area contributed by atoms with E-state index in [9.17, 15) is 22.8 Å². The van der Waals surface area contributed by atoms with Crippen molar-refractivity contribution in [3.63, 3.8) is 0 Å². The van der Waals surface area contributed by atoms with Crippen LogP contribution in [0.4, 0.5) is 13.2 Å². The molecular weight excluding hydrogens is 403 g/mol. The predicted octanol–water partition coefficient (Wildman–Crippen LogP) is 2.35. The van der Waals surface area contributed by atoms with Crippen LogP contribution in [0.25, 0.3) is 0 Å². The molecule has 0 aliphatic carbocycles. The Labute approximate surface area is 170 Å². The number of morpholine rings is 1. The van der Waals surface area contributed by atoms with Crippen LogP contribution in [0.3, 0.4) is 0 Å². The second-order valence-corrected chi connectivity index (χ2v) is 6.54. The number of alkyl halides is 3. The molecule has 0 unspecified atom stereocenters. The largest absolute Gasteiger partial charge is 0.468 e. The van der Waals surface area contributed by atoms with E-state index >= 15 is 0 Å². The van der Waals surface area contributed by atoms with Gasteiger partial charge in [0.15, 0.2) is 6.61 Å². The molecule has 1 aromatic heterocycles. The van der Waals surface area contributed by atoms with Crippen LogP contribution in [0.2, 0.25) is 0 Å². The van der Waals surface area contributed by atoms with E-state index in [0.29, 0.717) is 31.9 Å². The third-order valence-electron chi connectivity index (χ3n) is 4.36. The molecule has 0 radical (unpaired) electrons. The van der Waals surface area contributed by atoms with Crippen LogP contribution >= 0.6 is 0 Å². The summed E-state index contributed by atoms with van der Waals surface area (Å²) in [5.74, 6) is -1.11. The number of ether oxygens (including phenoxy) is 2. The van der Waals surface area contributed by atoms with Crippen LogP contribution in [0.5, 0.6) is 5.88 Å². The van der Waals surface area contributed by atoms with E-state index in [2.05, 4.69) is 15.0 Å². The number of pyridine rings is 1. The van der Waals surface area contributed by atoms with Crippen molar-refractivity contribution in [1.29, 1.82) is 0 Å². The van der Waals surface area contributed by atoms with Crippen LogP contribution in [0, 0.1) is 0 Å². The van der Waals surface area contributed by atoms with Gasteiger partial charge in [-0.2, -0.15) is 13.2 Å². The van der Waals surface area contributed by atoms with E-state index in [4.69, 9.17) is 4.74 Å². The van der Waals surface area contributed by atoms with Crippen molar-refractivity contribution >= 4 is 11.8 Å². The first-order chi connectivity index (χ1) is 14.3. The molecule has 2 heterocycles. The molecule has 1 N–H and O–H groups in total. The van der Waals surface area contributed by atoms with Gasteiger partial charge in [0, 0.05) is 25.4 Å². The van der Waals surface area contributed by atoms with Crippen LogP contribution < -0.4 is 10.1 Å². The van der Waals surface area contributed by atoms with Gasteiger partial charge in [0.1, 0.15) is 6.04 Å². The Hall–Kier alpha value is -3.14. The third kappa shape index (κ3) is 5.93. The summed E-state index contributed by atoms with van der Waals surface area (Å²) in [6, 6.07) is 10.3.